The summed E-state index contributed by atoms with van der Waals surface area (Å²) in [7, 11) is -3.90. The minimum Gasteiger partial charge on any atom is -0.465 e. The second kappa shape index (κ2) is 12.1. The lowest BCUT2D eigenvalue weighted by Gasteiger charge is -2.20. The maximum Gasteiger partial charge on any atom is 0.323 e. The lowest BCUT2D eigenvalue weighted by molar-refractivity contribution is -0.145. The zero-order valence-corrected chi connectivity index (χ0v) is 19.3. The van der Waals surface area contributed by atoms with Crippen molar-refractivity contribution in [2.75, 3.05) is 18.7 Å². The number of ether oxygens (including phenoxy) is 2. The summed E-state index contributed by atoms with van der Waals surface area (Å²) in [5, 5.41) is 2.42. The van der Waals surface area contributed by atoms with Crippen LogP contribution in [-0.4, -0.2) is 55.5 Å². The van der Waals surface area contributed by atoms with Gasteiger partial charge in [0.1, 0.15) is 24.2 Å². The molecule has 0 saturated carbocycles. The smallest absolute Gasteiger partial charge is 0.323 e. The van der Waals surface area contributed by atoms with Crippen LogP contribution in [0.5, 0.6) is 0 Å². The summed E-state index contributed by atoms with van der Waals surface area (Å²) in [4.78, 5) is 34.4. The number of carbonyl (C=O) groups excluding carboxylic acids is 1. The number of unbranched alkanes of at least 4 members (excludes halogenated alkanes) is 4. The molecule has 0 amide bonds. The van der Waals surface area contributed by atoms with Gasteiger partial charge < -0.3 is 24.7 Å². The van der Waals surface area contributed by atoms with Crippen LogP contribution in [0.4, 0.5) is 5.82 Å². The summed E-state index contributed by atoms with van der Waals surface area (Å²) in [6.07, 6.45) is 7.25. The van der Waals surface area contributed by atoms with E-state index in [9.17, 15) is 14.3 Å². The number of hydrogen-bond acceptors (Lipinski definition) is 8. The number of aromatic nitrogens is 4. The molecule has 174 valence electrons. The summed E-state index contributed by atoms with van der Waals surface area (Å²) in [6, 6.07) is -0.914. The molecule has 0 radical (unpaired) electrons. The lowest BCUT2D eigenvalue weighted by atomic mass is 10.2. The van der Waals surface area contributed by atoms with Crippen LogP contribution in [0, 0.1) is 0 Å². The molecule has 0 aliphatic carbocycles. The fourth-order valence-corrected chi connectivity index (χ4v) is 4.23. The number of fused-ring (bicyclic) bond motifs is 1. The number of nitrogens with zero attached hydrogens (tertiary/aromatic N) is 4. The summed E-state index contributed by atoms with van der Waals surface area (Å²) in [6.45, 7) is 6.04. The van der Waals surface area contributed by atoms with Gasteiger partial charge in [0.15, 0.2) is 11.5 Å². The molecule has 0 saturated heterocycles. The van der Waals surface area contributed by atoms with Gasteiger partial charge in [-0.25, -0.2) is 20.0 Å². The Morgan fingerprint density at radius 3 is 2.74 bits per heavy atom. The minimum atomic E-state index is -3.90. The predicted octanol–water partition coefficient (Wildman–Crippen LogP) is 2.45. The second-order valence-corrected chi connectivity index (χ2v) is 9.49. The van der Waals surface area contributed by atoms with Gasteiger partial charge in [0, 0.05) is 0 Å². The van der Waals surface area contributed by atoms with E-state index in [2.05, 4.69) is 27.0 Å². The Hall–Kier alpha value is -2.07. The predicted molar refractivity (Wildman–Crippen MR) is 117 cm³/mol. The van der Waals surface area contributed by atoms with Crippen molar-refractivity contribution in [2.24, 2.45) is 0 Å². The van der Waals surface area contributed by atoms with Gasteiger partial charge in [0.2, 0.25) is 0 Å². The molecular formula is C19H33N6O5P. The number of carbonyl (C=O) groups is 1. The first-order chi connectivity index (χ1) is 14.7. The third kappa shape index (κ3) is 8.17. The molecule has 0 aromatic carbocycles. The molecule has 11 nitrogen and oxygen atoms in total. The zero-order chi connectivity index (χ0) is 22.9. The van der Waals surface area contributed by atoms with E-state index in [-0.39, 0.29) is 5.82 Å². The Morgan fingerprint density at radius 2 is 2.00 bits per heavy atom. The number of nitrogens with one attached hydrogen (secondary N) is 1. The lowest BCUT2D eigenvalue weighted by Crippen LogP contribution is -2.34. The first-order valence-electron chi connectivity index (χ1n) is 10.5. The molecule has 0 spiro atoms. The van der Waals surface area contributed by atoms with Crippen LogP contribution >= 0.6 is 7.52 Å². The Balaban J connectivity index is 1.75. The van der Waals surface area contributed by atoms with E-state index >= 15 is 0 Å². The zero-order valence-electron chi connectivity index (χ0n) is 18.4. The van der Waals surface area contributed by atoms with Crippen molar-refractivity contribution >= 4 is 30.5 Å². The number of nitrogens with two attached hydrogens (primary N) is 1. The van der Waals surface area contributed by atoms with Crippen molar-refractivity contribution in [3.8, 4) is 0 Å². The molecule has 0 aliphatic heterocycles. The number of anilines is 1. The molecule has 0 aliphatic rings. The molecule has 2 aromatic heterocycles. The van der Waals surface area contributed by atoms with Crippen molar-refractivity contribution < 1.29 is 23.7 Å². The first-order valence-corrected chi connectivity index (χ1v) is 12.4. The van der Waals surface area contributed by atoms with Crippen molar-refractivity contribution in [1.29, 1.82) is 0 Å². The Morgan fingerprint density at radius 1 is 1.26 bits per heavy atom. The van der Waals surface area contributed by atoms with E-state index in [1.165, 1.54) is 13.3 Å². The number of nitrogen functional groups attached to an aromatic ring is 1. The molecule has 0 fully saturated rings. The highest BCUT2D eigenvalue weighted by atomic mass is 31.2. The normalized spacial score (nSPS) is 15.5. The molecule has 2 aromatic rings. The van der Waals surface area contributed by atoms with E-state index in [4.69, 9.17) is 15.2 Å². The van der Waals surface area contributed by atoms with E-state index in [1.54, 1.807) is 17.8 Å². The monoisotopic (exact) mass is 456 g/mol. The van der Waals surface area contributed by atoms with Crippen LogP contribution in [0.2, 0.25) is 0 Å². The number of hydrogen-bond donors (Lipinski definition) is 3. The van der Waals surface area contributed by atoms with Gasteiger partial charge in [0.25, 0.3) is 7.52 Å². The maximum atomic E-state index is 12.4. The van der Waals surface area contributed by atoms with Crippen LogP contribution in [0.25, 0.3) is 11.2 Å². The Kier molecular flexibility index (Phi) is 9.83. The topological polar surface area (TPSA) is 154 Å². The van der Waals surface area contributed by atoms with Crippen molar-refractivity contribution in [3.63, 3.8) is 0 Å². The van der Waals surface area contributed by atoms with Gasteiger partial charge in [-0.1, -0.05) is 32.6 Å². The Labute approximate surface area is 182 Å². The maximum absolute atomic E-state index is 12.4. The molecular weight excluding hydrogens is 423 g/mol. The van der Waals surface area contributed by atoms with Crippen molar-refractivity contribution in [1.82, 2.24) is 24.6 Å². The second-order valence-electron chi connectivity index (χ2n) is 7.57. The van der Waals surface area contributed by atoms with E-state index in [0.717, 1.165) is 32.1 Å². The van der Waals surface area contributed by atoms with Gasteiger partial charge in [-0.05, 0) is 20.3 Å². The fraction of sp³-hybridized carbons (Fsp3) is 0.684. The fourth-order valence-electron chi connectivity index (χ4n) is 2.99. The summed E-state index contributed by atoms with van der Waals surface area (Å²) < 4.78 is 24.8. The molecule has 2 heterocycles. The van der Waals surface area contributed by atoms with E-state index in [1.807, 2.05) is 0 Å². The highest BCUT2D eigenvalue weighted by Crippen LogP contribution is 2.36. The van der Waals surface area contributed by atoms with Crippen molar-refractivity contribution in [3.05, 3.63) is 12.7 Å². The summed E-state index contributed by atoms with van der Waals surface area (Å²) in [5.74, 6) is -0.275. The van der Waals surface area contributed by atoms with Gasteiger partial charge >= 0.3 is 5.97 Å². The molecule has 3 atom stereocenters. The van der Waals surface area contributed by atoms with E-state index in [0.29, 0.717) is 24.3 Å². The average Bonchev–Trinajstić information content (AvgIpc) is 3.13. The molecule has 12 heteroatoms. The molecule has 0 bridgehead atoms. The highest BCUT2D eigenvalue weighted by molar-refractivity contribution is 7.55. The SMILES string of the molecule is CCCCCCCOC(=O)C(C)NP(=O)(O)COC(C)Cn1cnc2c(N)ncnc21. The Bertz CT molecular complexity index is 892. The largest absolute Gasteiger partial charge is 0.465 e. The number of imidazole rings is 1. The summed E-state index contributed by atoms with van der Waals surface area (Å²) in [5.41, 5.74) is 6.81. The first kappa shape index (κ1) is 25.2. The molecule has 4 N–H and O–H groups in total. The van der Waals surface area contributed by atoms with Gasteiger partial charge in [-0.15, -0.1) is 0 Å². The molecule has 2 rings (SSSR count). The van der Waals surface area contributed by atoms with Crippen LogP contribution in [0.1, 0.15) is 52.9 Å². The third-order valence-electron chi connectivity index (χ3n) is 4.66. The van der Waals surface area contributed by atoms with Crippen LogP contribution in [0.15, 0.2) is 12.7 Å². The van der Waals surface area contributed by atoms with Crippen LogP contribution in [-0.2, 0) is 25.4 Å². The van der Waals surface area contributed by atoms with Gasteiger partial charge in [-0.2, -0.15) is 0 Å². The van der Waals surface area contributed by atoms with Crippen LogP contribution < -0.4 is 10.8 Å². The quantitative estimate of drug-likeness (QED) is 0.219. The standard InChI is InChI=1S/C19H33N6O5P/c1-4-5-6-7-8-9-29-19(26)15(3)24-31(27,28)13-30-14(2)10-25-12-23-16-17(20)21-11-22-18(16)25/h11-12,14-15H,4-10,13H2,1-3H3,(H2,20,21,22)(H2,24,27,28). The highest BCUT2D eigenvalue weighted by Gasteiger charge is 2.27. The van der Waals surface area contributed by atoms with Gasteiger partial charge in [0.05, 0.1) is 25.6 Å². The average molecular weight is 456 g/mol. The number of esters is 1. The van der Waals surface area contributed by atoms with Crippen molar-refractivity contribution in [2.45, 2.75) is 71.6 Å². The van der Waals surface area contributed by atoms with E-state index < -0.39 is 32.0 Å². The third-order valence-corrected chi connectivity index (χ3v) is 5.95. The number of rotatable bonds is 14. The minimum absolute atomic E-state index is 0.281. The van der Waals surface area contributed by atoms with Crippen LogP contribution in [0.3, 0.4) is 0 Å². The summed E-state index contributed by atoms with van der Waals surface area (Å²) >= 11 is 0. The van der Waals surface area contributed by atoms with Gasteiger partial charge in [-0.3, -0.25) is 9.36 Å². The molecule has 31 heavy (non-hydrogen) atoms. The molecule has 3 unspecified atom stereocenters.